The topological polar surface area (TPSA) is 73.2 Å². The predicted molar refractivity (Wildman–Crippen MR) is 116 cm³/mol. The van der Waals surface area contributed by atoms with E-state index in [1.165, 1.54) is 28.6 Å². The largest absolute Gasteiger partial charge is 0.379 e. The summed E-state index contributed by atoms with van der Waals surface area (Å²) >= 11 is 2.99. The van der Waals surface area contributed by atoms with E-state index in [0.29, 0.717) is 24.9 Å². The molecule has 8 heteroatoms. The molecule has 0 unspecified atom stereocenters. The van der Waals surface area contributed by atoms with E-state index in [4.69, 9.17) is 9.72 Å². The number of thioether (sulfide) groups is 1. The first-order chi connectivity index (χ1) is 13.5. The van der Waals surface area contributed by atoms with E-state index >= 15 is 0 Å². The van der Waals surface area contributed by atoms with Gasteiger partial charge in [-0.2, -0.15) is 0 Å². The summed E-state index contributed by atoms with van der Waals surface area (Å²) in [5, 5.41) is 4.35. The normalized spacial score (nSPS) is 13.9. The molecule has 0 spiro atoms. The van der Waals surface area contributed by atoms with Crippen LogP contribution in [0.3, 0.4) is 0 Å². The van der Waals surface area contributed by atoms with E-state index in [-0.39, 0.29) is 23.3 Å². The van der Waals surface area contributed by atoms with Crippen LogP contribution in [0, 0.1) is 0 Å². The summed E-state index contributed by atoms with van der Waals surface area (Å²) in [7, 11) is 0. The molecule has 1 aliphatic carbocycles. The number of aromatic nitrogens is 2. The number of carbonyl (C=O) groups is 1. The van der Waals surface area contributed by atoms with Crippen LogP contribution in [-0.2, 0) is 28.9 Å². The number of thiophene rings is 1. The van der Waals surface area contributed by atoms with Gasteiger partial charge in [0.05, 0.1) is 17.2 Å². The van der Waals surface area contributed by atoms with Crippen LogP contribution < -0.4 is 10.9 Å². The zero-order valence-corrected chi connectivity index (χ0v) is 18.5. The fourth-order valence-electron chi connectivity index (χ4n) is 3.41. The van der Waals surface area contributed by atoms with Crippen LogP contribution >= 0.6 is 23.1 Å². The van der Waals surface area contributed by atoms with Crippen molar-refractivity contribution in [3.8, 4) is 0 Å². The quantitative estimate of drug-likeness (QED) is 0.380. The molecular weight excluding hydrogens is 394 g/mol. The number of aryl methyl sites for hydroxylation is 2. The van der Waals surface area contributed by atoms with Crippen LogP contribution in [0.5, 0.6) is 0 Å². The minimum Gasteiger partial charge on any atom is -0.379 e. The van der Waals surface area contributed by atoms with Crippen molar-refractivity contribution in [3.05, 3.63) is 20.8 Å². The third-order valence-electron chi connectivity index (χ3n) is 4.78. The number of carbonyl (C=O) groups excluding carboxylic acids is 1. The van der Waals surface area contributed by atoms with Crippen LogP contribution in [0.1, 0.15) is 50.5 Å². The molecule has 0 atom stereocenters. The maximum absolute atomic E-state index is 13.1. The number of amides is 1. The van der Waals surface area contributed by atoms with Crippen molar-refractivity contribution in [3.63, 3.8) is 0 Å². The number of ether oxygens (including phenoxy) is 1. The standard InChI is InChI=1S/C20H29N3O3S2/c1-4-23-19(25)17-14-8-5-6-9-15(14)28-18(17)22-20(23)27-12-16(24)21-10-7-11-26-13(2)3/h13H,4-12H2,1-3H3,(H,21,24). The second kappa shape index (κ2) is 9.89. The van der Waals surface area contributed by atoms with Crippen LogP contribution in [0.2, 0.25) is 0 Å². The first-order valence-corrected chi connectivity index (χ1v) is 11.9. The van der Waals surface area contributed by atoms with Crippen LogP contribution in [0.25, 0.3) is 10.2 Å². The molecule has 3 rings (SSSR count). The predicted octanol–water partition coefficient (Wildman–Crippen LogP) is 3.38. The summed E-state index contributed by atoms with van der Waals surface area (Å²) in [5.41, 5.74) is 1.25. The Bertz CT molecular complexity index is 889. The molecule has 0 aliphatic heterocycles. The lowest BCUT2D eigenvalue weighted by atomic mass is 9.97. The number of fused-ring (bicyclic) bond motifs is 3. The molecule has 1 amide bonds. The molecule has 0 fully saturated rings. The molecular formula is C20H29N3O3S2. The van der Waals surface area contributed by atoms with Crippen molar-refractivity contribution in [2.75, 3.05) is 18.9 Å². The second-order valence-electron chi connectivity index (χ2n) is 7.25. The third-order valence-corrected chi connectivity index (χ3v) is 6.94. The Morgan fingerprint density at radius 1 is 1.36 bits per heavy atom. The van der Waals surface area contributed by atoms with Crippen molar-refractivity contribution in [2.45, 2.75) is 70.7 Å². The third kappa shape index (κ3) is 4.96. The number of rotatable bonds is 9. The fourth-order valence-corrected chi connectivity index (χ4v) is 5.60. The number of hydrogen-bond donors (Lipinski definition) is 1. The van der Waals surface area contributed by atoms with E-state index in [0.717, 1.165) is 35.9 Å². The van der Waals surface area contributed by atoms with Crippen LogP contribution in [0.4, 0.5) is 0 Å². The molecule has 1 N–H and O–H groups in total. The van der Waals surface area contributed by atoms with E-state index < -0.39 is 0 Å². The summed E-state index contributed by atoms with van der Waals surface area (Å²) in [5.74, 6) is 0.214. The van der Waals surface area contributed by atoms with E-state index in [1.807, 2.05) is 20.8 Å². The highest BCUT2D eigenvalue weighted by atomic mass is 32.2. The van der Waals surface area contributed by atoms with E-state index in [2.05, 4.69) is 5.32 Å². The molecule has 1 aliphatic rings. The Labute approximate surface area is 174 Å². The van der Waals surface area contributed by atoms with Gasteiger partial charge in [0.25, 0.3) is 5.56 Å². The van der Waals surface area contributed by atoms with Crippen molar-refractivity contribution in [2.24, 2.45) is 0 Å². The number of hydrogen-bond acceptors (Lipinski definition) is 6. The first-order valence-electron chi connectivity index (χ1n) is 10.1. The Morgan fingerprint density at radius 3 is 2.89 bits per heavy atom. The van der Waals surface area contributed by atoms with Gasteiger partial charge in [-0.05, 0) is 58.4 Å². The SMILES string of the molecule is CCn1c(SCC(=O)NCCCOC(C)C)nc2sc3c(c2c1=O)CCCC3. The van der Waals surface area contributed by atoms with Crippen molar-refractivity contribution >= 4 is 39.2 Å². The summed E-state index contributed by atoms with van der Waals surface area (Å²) in [6.07, 6.45) is 5.36. The van der Waals surface area contributed by atoms with Gasteiger partial charge < -0.3 is 10.1 Å². The van der Waals surface area contributed by atoms with Gasteiger partial charge in [0, 0.05) is 24.6 Å². The fraction of sp³-hybridized carbons (Fsp3) is 0.650. The highest BCUT2D eigenvalue weighted by Crippen LogP contribution is 2.34. The van der Waals surface area contributed by atoms with Crippen molar-refractivity contribution in [1.82, 2.24) is 14.9 Å². The zero-order chi connectivity index (χ0) is 20.1. The maximum Gasteiger partial charge on any atom is 0.263 e. The van der Waals surface area contributed by atoms with Gasteiger partial charge in [0.1, 0.15) is 4.83 Å². The average Bonchev–Trinajstić information content (AvgIpc) is 3.04. The molecule has 2 aromatic rings. The van der Waals surface area contributed by atoms with Crippen LogP contribution in [-0.4, -0.2) is 40.5 Å². The molecule has 0 saturated heterocycles. The lowest BCUT2D eigenvalue weighted by molar-refractivity contribution is -0.118. The van der Waals surface area contributed by atoms with Gasteiger partial charge in [0.2, 0.25) is 5.91 Å². The number of nitrogens with one attached hydrogen (secondary N) is 1. The smallest absolute Gasteiger partial charge is 0.263 e. The zero-order valence-electron chi connectivity index (χ0n) is 16.9. The highest BCUT2D eigenvalue weighted by Gasteiger charge is 2.22. The molecule has 0 bridgehead atoms. The maximum atomic E-state index is 13.1. The van der Waals surface area contributed by atoms with Gasteiger partial charge in [-0.15, -0.1) is 11.3 Å². The lowest BCUT2D eigenvalue weighted by Gasteiger charge is -2.12. The lowest BCUT2D eigenvalue weighted by Crippen LogP contribution is -2.28. The van der Waals surface area contributed by atoms with Crippen molar-refractivity contribution < 1.29 is 9.53 Å². The van der Waals surface area contributed by atoms with E-state index in [9.17, 15) is 9.59 Å². The minimum absolute atomic E-state index is 0.0423. The molecule has 0 aromatic carbocycles. The van der Waals surface area contributed by atoms with Gasteiger partial charge in [0.15, 0.2) is 5.16 Å². The molecule has 0 saturated carbocycles. The Kier molecular flexibility index (Phi) is 7.54. The monoisotopic (exact) mass is 423 g/mol. The molecule has 2 heterocycles. The Morgan fingerprint density at radius 2 is 2.14 bits per heavy atom. The molecule has 154 valence electrons. The molecule has 6 nitrogen and oxygen atoms in total. The summed E-state index contributed by atoms with van der Waals surface area (Å²) < 4.78 is 7.18. The van der Waals surface area contributed by atoms with E-state index in [1.54, 1.807) is 15.9 Å². The molecule has 0 radical (unpaired) electrons. The molecule has 28 heavy (non-hydrogen) atoms. The van der Waals surface area contributed by atoms with Crippen molar-refractivity contribution in [1.29, 1.82) is 0 Å². The van der Waals surface area contributed by atoms with Crippen LogP contribution in [0.15, 0.2) is 9.95 Å². The van der Waals surface area contributed by atoms with Gasteiger partial charge in [-0.25, -0.2) is 4.98 Å². The summed E-state index contributed by atoms with van der Waals surface area (Å²) in [4.78, 5) is 32.1. The average molecular weight is 424 g/mol. The summed E-state index contributed by atoms with van der Waals surface area (Å²) in [6.45, 7) is 7.74. The molecule has 2 aromatic heterocycles. The second-order valence-corrected chi connectivity index (χ2v) is 9.27. The minimum atomic E-state index is -0.0444. The number of nitrogens with zero attached hydrogens (tertiary/aromatic N) is 2. The Hall–Kier alpha value is -1.38. The Balaban J connectivity index is 1.66. The first kappa shape index (κ1) is 21.3. The summed E-state index contributed by atoms with van der Waals surface area (Å²) in [6, 6.07) is 0. The highest BCUT2D eigenvalue weighted by molar-refractivity contribution is 7.99. The van der Waals surface area contributed by atoms with Gasteiger partial charge in [-0.1, -0.05) is 11.8 Å². The van der Waals surface area contributed by atoms with Gasteiger partial charge in [-0.3, -0.25) is 14.2 Å². The van der Waals surface area contributed by atoms with Gasteiger partial charge >= 0.3 is 0 Å².